The maximum Gasteiger partial charge on any atom is 0.252 e. The first-order valence-corrected chi connectivity index (χ1v) is 7.75. The van der Waals surface area contributed by atoms with Gasteiger partial charge in [-0.2, -0.15) is 0 Å². The van der Waals surface area contributed by atoms with E-state index >= 15 is 0 Å². The largest absolute Gasteiger partial charge is 0.368 e. The van der Waals surface area contributed by atoms with Crippen LogP contribution in [-0.2, 0) is 16.1 Å². The van der Waals surface area contributed by atoms with Gasteiger partial charge in [0, 0.05) is 13.7 Å². The van der Waals surface area contributed by atoms with Crippen molar-refractivity contribution in [2.75, 3.05) is 20.2 Å². The first-order chi connectivity index (χ1) is 10.7. The molecule has 1 aliphatic heterocycles. The summed E-state index contributed by atoms with van der Waals surface area (Å²) in [6.45, 7) is 2.16. The van der Waals surface area contributed by atoms with E-state index in [0.29, 0.717) is 19.4 Å². The Morgan fingerprint density at radius 1 is 1.17 bits per heavy atom. The zero-order valence-electron chi connectivity index (χ0n) is 13.3. The summed E-state index contributed by atoms with van der Waals surface area (Å²) in [5.74, 6) is -0.00958. The van der Waals surface area contributed by atoms with E-state index in [-0.39, 0.29) is 18.3 Å². The molecule has 1 saturated heterocycles. The van der Waals surface area contributed by atoms with Gasteiger partial charge in [-0.15, -0.1) is 12.4 Å². The third-order valence-corrected chi connectivity index (χ3v) is 4.48. The summed E-state index contributed by atoms with van der Waals surface area (Å²) in [7, 11) is 1.63. The fraction of sp³-hybridized carbons (Fsp3) is 0.389. The van der Waals surface area contributed by atoms with Crippen molar-refractivity contribution in [3.8, 4) is 0 Å². The van der Waals surface area contributed by atoms with Crippen LogP contribution in [-0.4, -0.2) is 31.7 Å². The Labute approximate surface area is 143 Å². The minimum absolute atomic E-state index is 0. The van der Waals surface area contributed by atoms with Crippen LogP contribution in [0, 0.1) is 0 Å². The molecule has 1 amide bonds. The fourth-order valence-corrected chi connectivity index (χ4v) is 3.05. The minimum Gasteiger partial charge on any atom is -0.368 e. The highest BCUT2D eigenvalue weighted by molar-refractivity contribution is 5.86. The molecule has 1 fully saturated rings. The quantitative estimate of drug-likeness (QED) is 0.903. The van der Waals surface area contributed by atoms with Crippen LogP contribution in [0.15, 0.2) is 42.5 Å². The number of carbonyl (C=O) groups excluding carboxylic acids is 1. The summed E-state index contributed by atoms with van der Waals surface area (Å²) in [5.41, 5.74) is 0.425. The third-order valence-electron chi connectivity index (χ3n) is 4.48. The van der Waals surface area contributed by atoms with Gasteiger partial charge in [0.25, 0.3) is 5.91 Å². The van der Waals surface area contributed by atoms with Gasteiger partial charge in [-0.1, -0.05) is 36.4 Å². The van der Waals surface area contributed by atoms with Gasteiger partial charge in [0.2, 0.25) is 0 Å². The van der Waals surface area contributed by atoms with Gasteiger partial charge in [-0.3, -0.25) is 4.79 Å². The highest BCUT2D eigenvalue weighted by atomic mass is 35.5. The summed E-state index contributed by atoms with van der Waals surface area (Å²) in [6, 6.07) is 14.5. The summed E-state index contributed by atoms with van der Waals surface area (Å²) in [4.78, 5) is 12.5. The molecule has 0 saturated carbocycles. The molecule has 124 valence electrons. The highest BCUT2D eigenvalue weighted by Crippen LogP contribution is 2.23. The number of carbonyl (C=O) groups is 1. The highest BCUT2D eigenvalue weighted by Gasteiger charge is 2.39. The molecule has 0 spiro atoms. The van der Waals surface area contributed by atoms with Crippen molar-refractivity contribution in [2.24, 2.45) is 0 Å². The van der Waals surface area contributed by atoms with E-state index in [0.717, 1.165) is 18.7 Å². The number of hydrogen-bond donors (Lipinski definition) is 2. The maximum absolute atomic E-state index is 12.5. The number of fused-ring (bicyclic) bond motifs is 1. The second kappa shape index (κ2) is 7.77. The molecule has 0 atom stereocenters. The van der Waals surface area contributed by atoms with Crippen LogP contribution in [0.1, 0.15) is 18.4 Å². The number of rotatable bonds is 4. The molecule has 0 bridgehead atoms. The van der Waals surface area contributed by atoms with Crippen LogP contribution >= 0.6 is 12.4 Å². The zero-order valence-corrected chi connectivity index (χ0v) is 14.1. The van der Waals surface area contributed by atoms with Crippen LogP contribution < -0.4 is 10.6 Å². The van der Waals surface area contributed by atoms with Gasteiger partial charge in [0.05, 0.1) is 0 Å². The Bertz CT molecular complexity index is 669. The van der Waals surface area contributed by atoms with Gasteiger partial charge in [-0.25, -0.2) is 0 Å². The van der Waals surface area contributed by atoms with Gasteiger partial charge in [-0.05, 0) is 48.3 Å². The van der Waals surface area contributed by atoms with E-state index in [2.05, 4.69) is 41.0 Å². The minimum atomic E-state index is -0.678. The maximum atomic E-state index is 12.5. The summed E-state index contributed by atoms with van der Waals surface area (Å²) in [5, 5.41) is 8.70. The van der Waals surface area contributed by atoms with E-state index in [1.807, 2.05) is 12.1 Å². The predicted molar refractivity (Wildman–Crippen MR) is 94.9 cm³/mol. The van der Waals surface area contributed by atoms with Crippen LogP contribution in [0.4, 0.5) is 0 Å². The molecule has 0 aromatic heterocycles. The Morgan fingerprint density at radius 3 is 2.57 bits per heavy atom. The van der Waals surface area contributed by atoms with Crippen LogP contribution in [0.25, 0.3) is 10.8 Å². The topological polar surface area (TPSA) is 50.4 Å². The Kier molecular flexibility index (Phi) is 5.99. The number of halogens is 1. The van der Waals surface area contributed by atoms with Crippen molar-refractivity contribution in [1.29, 1.82) is 0 Å². The third kappa shape index (κ3) is 3.83. The molecule has 1 heterocycles. The molecule has 4 nitrogen and oxygen atoms in total. The Hall–Kier alpha value is -1.62. The van der Waals surface area contributed by atoms with Gasteiger partial charge >= 0.3 is 0 Å². The number of methoxy groups -OCH3 is 1. The van der Waals surface area contributed by atoms with E-state index in [1.165, 1.54) is 10.8 Å². The second-order valence-electron chi connectivity index (χ2n) is 5.81. The van der Waals surface area contributed by atoms with Crippen molar-refractivity contribution in [3.05, 3.63) is 48.0 Å². The number of nitrogens with one attached hydrogen (secondary N) is 2. The van der Waals surface area contributed by atoms with Crippen molar-refractivity contribution in [2.45, 2.75) is 25.0 Å². The van der Waals surface area contributed by atoms with Gasteiger partial charge < -0.3 is 15.4 Å². The molecule has 2 aromatic rings. The summed E-state index contributed by atoms with van der Waals surface area (Å²) < 4.78 is 5.55. The van der Waals surface area contributed by atoms with Crippen molar-refractivity contribution in [3.63, 3.8) is 0 Å². The van der Waals surface area contributed by atoms with Crippen molar-refractivity contribution in [1.82, 2.24) is 10.6 Å². The normalized spacial score (nSPS) is 16.6. The average Bonchev–Trinajstić information content (AvgIpc) is 2.60. The van der Waals surface area contributed by atoms with Crippen molar-refractivity contribution < 1.29 is 9.53 Å². The first-order valence-electron chi connectivity index (χ1n) is 7.75. The van der Waals surface area contributed by atoms with E-state index in [4.69, 9.17) is 4.74 Å². The lowest BCUT2D eigenvalue weighted by Gasteiger charge is -2.34. The standard InChI is InChI=1S/C18H22N2O2.ClH/c1-22-18(8-10-19-11-9-18)17(21)20-13-14-6-7-15-4-2-3-5-16(15)12-14;/h2-7,12,19H,8-11,13H2,1H3,(H,20,21);1H. The lowest BCUT2D eigenvalue weighted by Crippen LogP contribution is -2.53. The molecule has 1 aliphatic rings. The molecular formula is C18H23ClN2O2. The number of ether oxygens (including phenoxy) is 1. The SMILES string of the molecule is COC1(C(=O)NCc2ccc3ccccc3c2)CCNCC1.Cl. The van der Waals surface area contributed by atoms with Crippen LogP contribution in [0.3, 0.4) is 0 Å². The van der Waals surface area contributed by atoms with E-state index in [9.17, 15) is 4.79 Å². The molecular weight excluding hydrogens is 312 g/mol. The molecule has 3 rings (SSSR count). The van der Waals surface area contributed by atoms with Crippen LogP contribution in [0.5, 0.6) is 0 Å². The number of benzene rings is 2. The lowest BCUT2D eigenvalue weighted by molar-refractivity contribution is -0.146. The fourth-order valence-electron chi connectivity index (χ4n) is 3.05. The van der Waals surface area contributed by atoms with Crippen LogP contribution in [0.2, 0.25) is 0 Å². The molecule has 0 radical (unpaired) electrons. The molecule has 0 unspecified atom stereocenters. The smallest absolute Gasteiger partial charge is 0.252 e. The molecule has 23 heavy (non-hydrogen) atoms. The molecule has 5 heteroatoms. The predicted octanol–water partition coefficient (Wildman–Crippen LogP) is 2.65. The lowest BCUT2D eigenvalue weighted by atomic mass is 9.91. The molecule has 0 aliphatic carbocycles. The Morgan fingerprint density at radius 2 is 1.87 bits per heavy atom. The molecule has 2 aromatic carbocycles. The first kappa shape index (κ1) is 17.7. The van der Waals surface area contributed by atoms with E-state index < -0.39 is 5.60 Å². The molecule has 2 N–H and O–H groups in total. The van der Waals surface area contributed by atoms with Gasteiger partial charge in [0.1, 0.15) is 5.60 Å². The number of piperidine rings is 1. The average molecular weight is 335 g/mol. The van der Waals surface area contributed by atoms with E-state index in [1.54, 1.807) is 7.11 Å². The monoisotopic (exact) mass is 334 g/mol. The number of hydrogen-bond acceptors (Lipinski definition) is 3. The number of amides is 1. The Balaban J connectivity index is 0.00000192. The second-order valence-corrected chi connectivity index (χ2v) is 5.81. The summed E-state index contributed by atoms with van der Waals surface area (Å²) in [6.07, 6.45) is 1.43. The van der Waals surface area contributed by atoms with Gasteiger partial charge in [0.15, 0.2) is 0 Å². The zero-order chi connectivity index (χ0) is 15.4. The van der Waals surface area contributed by atoms with Crippen molar-refractivity contribution >= 4 is 29.1 Å². The summed E-state index contributed by atoms with van der Waals surface area (Å²) >= 11 is 0.